The van der Waals surface area contributed by atoms with Gasteiger partial charge in [0.2, 0.25) is 5.91 Å². The first-order valence-corrected chi connectivity index (χ1v) is 33.1. The molecule has 14 heteroatoms. The second-order valence-electron chi connectivity index (χ2n) is 22.9. The third kappa shape index (κ3) is 38.0. The first kappa shape index (κ1) is 76.7. The fourth-order valence-corrected chi connectivity index (χ4v) is 10.2. The molecule has 0 bridgehead atoms. The summed E-state index contributed by atoms with van der Waals surface area (Å²) in [7, 11) is 0. The number of unbranched alkanes of at least 4 members (excludes halogenated alkanes) is 23. The Morgan fingerprint density at radius 1 is 0.440 bits per heavy atom. The average molecular weight is 1180 g/mol. The van der Waals surface area contributed by atoms with E-state index in [1.807, 2.05) is 6.08 Å². The van der Waals surface area contributed by atoms with Crippen LogP contribution in [0.3, 0.4) is 0 Å². The van der Waals surface area contributed by atoms with Gasteiger partial charge >= 0.3 is 0 Å². The lowest BCUT2D eigenvalue weighted by molar-refractivity contribution is -0.359. The van der Waals surface area contributed by atoms with Crippen LogP contribution < -0.4 is 5.32 Å². The van der Waals surface area contributed by atoms with Crippen molar-refractivity contribution in [3.05, 3.63) is 109 Å². The summed E-state index contributed by atoms with van der Waals surface area (Å²) < 4.78 is 22.8. The Morgan fingerprint density at radius 2 is 0.833 bits per heavy atom. The molecule has 2 fully saturated rings. The zero-order chi connectivity index (χ0) is 60.9. The van der Waals surface area contributed by atoms with Crippen LogP contribution in [0.2, 0.25) is 0 Å². The van der Waals surface area contributed by atoms with Gasteiger partial charge in [-0.3, -0.25) is 4.79 Å². The van der Waals surface area contributed by atoms with Gasteiger partial charge in [-0.25, -0.2) is 0 Å². The van der Waals surface area contributed by atoms with Crippen molar-refractivity contribution in [1.82, 2.24) is 5.32 Å². The largest absolute Gasteiger partial charge is 0.394 e. The number of hydrogen-bond acceptors (Lipinski definition) is 13. The molecular formula is C70H119NO13. The van der Waals surface area contributed by atoms with Gasteiger partial charge in [0.25, 0.3) is 0 Å². The van der Waals surface area contributed by atoms with Crippen molar-refractivity contribution in [3.8, 4) is 0 Å². The predicted octanol–water partition coefficient (Wildman–Crippen LogP) is 12.8. The van der Waals surface area contributed by atoms with Crippen LogP contribution >= 0.6 is 0 Å². The highest BCUT2D eigenvalue weighted by Gasteiger charge is 2.51. The Kier molecular flexibility index (Phi) is 49.2. The van der Waals surface area contributed by atoms with Crippen LogP contribution in [0.15, 0.2) is 109 Å². The van der Waals surface area contributed by atoms with Gasteiger partial charge in [-0.15, -0.1) is 0 Å². The molecule has 14 nitrogen and oxygen atoms in total. The standard InChI is InChI=1S/C70H119NO13/c1-3-5-7-9-11-13-15-17-18-19-20-21-22-23-24-25-26-27-28-29-30-31-32-33-34-35-36-37-38-39-40-42-44-46-48-50-52-54-62(75)71-58(59(74)53-51-49-47-45-43-41-16-14-12-10-8-6-4-2)57-81-69-67(80)65(78)68(61(56-73)83-69)84-70-66(79)64(77)63(76)60(55-72)82-70/h5,7,11,13,17-18,20-21,23-24,26-27,29-30,43,45,51,53,58-61,63-70,72-74,76-80H,3-4,6,8-10,12,14-16,19,22,25,28,31-42,44,46-50,52,54-57H2,1-2H3,(H,71,75)/b7-5-,13-11-,18-17-,21-20-,24-23-,27-26-,30-29-,45-43+,53-51+. The van der Waals surface area contributed by atoms with E-state index in [0.29, 0.717) is 12.8 Å². The van der Waals surface area contributed by atoms with Crippen LogP contribution in [-0.4, -0.2) is 140 Å². The van der Waals surface area contributed by atoms with Crippen molar-refractivity contribution in [3.63, 3.8) is 0 Å². The van der Waals surface area contributed by atoms with E-state index in [-0.39, 0.29) is 18.9 Å². The third-order valence-electron chi connectivity index (χ3n) is 15.4. The van der Waals surface area contributed by atoms with Gasteiger partial charge in [0.05, 0.1) is 32.0 Å². The number of amides is 1. The maximum absolute atomic E-state index is 13.3. The molecular weight excluding hydrogens is 1060 g/mol. The molecule has 0 aromatic carbocycles. The Morgan fingerprint density at radius 3 is 1.31 bits per heavy atom. The number of hydrogen-bond donors (Lipinski definition) is 9. The lowest BCUT2D eigenvalue weighted by Gasteiger charge is -2.46. The maximum Gasteiger partial charge on any atom is 0.220 e. The van der Waals surface area contributed by atoms with Crippen LogP contribution in [0.5, 0.6) is 0 Å². The molecule has 0 saturated carbocycles. The molecule has 84 heavy (non-hydrogen) atoms. The number of nitrogens with one attached hydrogen (secondary N) is 1. The Labute approximate surface area is 508 Å². The quantitative estimate of drug-likeness (QED) is 0.0204. The summed E-state index contributed by atoms with van der Waals surface area (Å²) >= 11 is 0. The fourth-order valence-electron chi connectivity index (χ4n) is 10.2. The van der Waals surface area contributed by atoms with E-state index in [2.05, 4.69) is 116 Å². The highest BCUT2D eigenvalue weighted by atomic mass is 16.7. The highest BCUT2D eigenvalue weighted by molar-refractivity contribution is 5.76. The van der Waals surface area contributed by atoms with E-state index < -0.39 is 86.8 Å². The summed E-state index contributed by atoms with van der Waals surface area (Å²) in [6.07, 6.45) is 60.1. The molecule has 1 amide bonds. The molecule has 2 aliphatic rings. The lowest BCUT2D eigenvalue weighted by Crippen LogP contribution is -2.65. The van der Waals surface area contributed by atoms with E-state index in [1.165, 1.54) is 122 Å². The first-order chi connectivity index (χ1) is 41.1. The molecule has 9 N–H and O–H groups in total. The molecule has 0 aromatic rings. The summed E-state index contributed by atoms with van der Waals surface area (Å²) in [5.74, 6) is -0.253. The summed E-state index contributed by atoms with van der Waals surface area (Å²) in [6.45, 7) is 2.64. The van der Waals surface area contributed by atoms with Crippen LogP contribution in [0.1, 0.15) is 232 Å². The molecule has 0 aliphatic carbocycles. The Bertz CT molecular complexity index is 1820. The molecule has 12 unspecified atom stereocenters. The number of allylic oxidation sites excluding steroid dienone is 17. The molecule has 2 heterocycles. The van der Waals surface area contributed by atoms with Crippen LogP contribution in [0, 0.1) is 0 Å². The maximum atomic E-state index is 13.3. The summed E-state index contributed by atoms with van der Waals surface area (Å²) in [5.41, 5.74) is 0. The van der Waals surface area contributed by atoms with Crippen LogP contribution in [0.25, 0.3) is 0 Å². The van der Waals surface area contributed by atoms with Crippen LogP contribution in [0.4, 0.5) is 0 Å². The van der Waals surface area contributed by atoms with Gasteiger partial charge in [-0.1, -0.05) is 245 Å². The number of carbonyl (C=O) groups excluding carboxylic acids is 1. The molecule has 12 atom stereocenters. The van der Waals surface area contributed by atoms with Gasteiger partial charge in [0, 0.05) is 6.42 Å². The zero-order valence-electron chi connectivity index (χ0n) is 52.1. The van der Waals surface area contributed by atoms with E-state index in [9.17, 15) is 45.6 Å². The molecule has 482 valence electrons. The minimum absolute atomic E-state index is 0.253. The van der Waals surface area contributed by atoms with E-state index >= 15 is 0 Å². The average Bonchev–Trinajstić information content (AvgIpc) is 2.58. The smallest absolute Gasteiger partial charge is 0.220 e. The van der Waals surface area contributed by atoms with Gasteiger partial charge in [0.15, 0.2) is 12.6 Å². The third-order valence-corrected chi connectivity index (χ3v) is 15.4. The highest BCUT2D eigenvalue weighted by Crippen LogP contribution is 2.30. The minimum Gasteiger partial charge on any atom is -0.394 e. The lowest BCUT2D eigenvalue weighted by atomic mass is 9.97. The van der Waals surface area contributed by atoms with Gasteiger partial charge in [-0.2, -0.15) is 0 Å². The molecule has 2 rings (SSSR count). The molecule has 0 aromatic heterocycles. The summed E-state index contributed by atoms with van der Waals surface area (Å²) in [5, 5.41) is 87.1. The van der Waals surface area contributed by atoms with Gasteiger partial charge < -0.3 is 65.1 Å². The molecule has 0 radical (unpaired) electrons. The molecule has 2 aliphatic heterocycles. The number of ether oxygens (including phenoxy) is 4. The topological polar surface area (TPSA) is 228 Å². The number of carbonyl (C=O) groups is 1. The van der Waals surface area contributed by atoms with Crippen molar-refractivity contribution >= 4 is 5.91 Å². The van der Waals surface area contributed by atoms with Crippen molar-refractivity contribution in [2.24, 2.45) is 0 Å². The van der Waals surface area contributed by atoms with Crippen molar-refractivity contribution in [2.75, 3.05) is 19.8 Å². The van der Waals surface area contributed by atoms with Crippen molar-refractivity contribution < 1.29 is 64.6 Å². The number of aliphatic hydroxyl groups excluding tert-OH is 8. The number of aliphatic hydroxyl groups is 8. The second kappa shape index (κ2) is 53.9. The minimum atomic E-state index is -1.79. The summed E-state index contributed by atoms with van der Waals surface area (Å²) in [6, 6.07) is -0.936. The van der Waals surface area contributed by atoms with Crippen molar-refractivity contribution in [1.29, 1.82) is 0 Å². The number of rotatable bonds is 52. The van der Waals surface area contributed by atoms with Crippen molar-refractivity contribution in [2.45, 2.75) is 306 Å². The fraction of sp³-hybridized carbons (Fsp3) is 0.729. The zero-order valence-corrected chi connectivity index (χ0v) is 52.1. The Hall–Kier alpha value is -3.35. The normalized spacial score (nSPS) is 24.4. The van der Waals surface area contributed by atoms with Crippen LogP contribution in [-0.2, 0) is 23.7 Å². The second-order valence-corrected chi connectivity index (χ2v) is 22.9. The first-order valence-electron chi connectivity index (χ1n) is 33.1. The van der Waals surface area contributed by atoms with E-state index in [1.54, 1.807) is 6.08 Å². The Balaban J connectivity index is 1.62. The summed E-state index contributed by atoms with van der Waals surface area (Å²) in [4.78, 5) is 13.3. The van der Waals surface area contributed by atoms with Gasteiger partial charge in [0.1, 0.15) is 48.8 Å². The SMILES string of the molecule is CC/C=C\C/C=C\C/C=C\C/C=C\C/C=C\C/C=C\C/C=C\CCCCCCCCCCCCCCCCCC(=O)NC(COC1OC(CO)C(OC2OC(CO)C(O)C(O)C2O)C(O)C1O)C(O)/C=C/CC/C=C/CCCCCCCCC. The predicted molar refractivity (Wildman–Crippen MR) is 341 cm³/mol. The van der Waals surface area contributed by atoms with E-state index in [0.717, 1.165) is 77.0 Å². The van der Waals surface area contributed by atoms with E-state index in [4.69, 9.17) is 18.9 Å². The molecule has 2 saturated heterocycles. The molecule has 0 spiro atoms. The monoisotopic (exact) mass is 1180 g/mol. The van der Waals surface area contributed by atoms with Gasteiger partial charge in [-0.05, 0) is 89.9 Å².